The van der Waals surface area contributed by atoms with Gasteiger partial charge in [0.25, 0.3) is 0 Å². The molecule has 14 heavy (non-hydrogen) atoms. The Morgan fingerprint density at radius 1 is 1.36 bits per heavy atom. The highest BCUT2D eigenvalue weighted by Crippen LogP contribution is 2.40. The zero-order chi connectivity index (χ0) is 10.3. The molecule has 2 rings (SSSR count). The van der Waals surface area contributed by atoms with E-state index in [4.69, 9.17) is 5.73 Å². The third-order valence-electron chi connectivity index (χ3n) is 3.27. The van der Waals surface area contributed by atoms with Crippen LogP contribution < -0.4 is 5.73 Å². The van der Waals surface area contributed by atoms with Crippen molar-refractivity contribution in [2.45, 2.75) is 39.7 Å². The molecule has 1 unspecified atom stereocenters. The molecule has 1 aliphatic carbocycles. The fourth-order valence-corrected chi connectivity index (χ4v) is 2.57. The van der Waals surface area contributed by atoms with Crippen LogP contribution in [0.25, 0.3) is 0 Å². The minimum absolute atomic E-state index is 0.230. The normalized spacial score (nSPS) is 24.4. The number of nitrogens with two attached hydrogens (primary N) is 1. The predicted molar refractivity (Wildman–Crippen MR) is 60.2 cm³/mol. The summed E-state index contributed by atoms with van der Waals surface area (Å²) in [7, 11) is 0. The van der Waals surface area contributed by atoms with Crippen molar-refractivity contribution in [3.05, 3.63) is 34.9 Å². The molecule has 0 bridgehead atoms. The van der Waals surface area contributed by atoms with E-state index >= 15 is 0 Å². The Bertz CT molecular complexity index is 352. The van der Waals surface area contributed by atoms with Crippen molar-refractivity contribution >= 4 is 0 Å². The molecule has 1 nitrogen and oxygen atoms in total. The van der Waals surface area contributed by atoms with E-state index in [2.05, 4.69) is 39.0 Å². The molecule has 0 radical (unpaired) electrons. The van der Waals surface area contributed by atoms with Gasteiger partial charge >= 0.3 is 0 Å². The van der Waals surface area contributed by atoms with E-state index in [-0.39, 0.29) is 6.04 Å². The standard InChI is InChI=1S/C13H19N/c1-9-5-4-6-10-11(9)7-13(2,3)8-12(10)14/h4-6,12H,7-8,14H2,1-3H3. The summed E-state index contributed by atoms with van der Waals surface area (Å²) in [4.78, 5) is 0. The molecule has 0 spiro atoms. The maximum Gasteiger partial charge on any atom is 0.0302 e. The Kier molecular flexibility index (Phi) is 2.15. The van der Waals surface area contributed by atoms with Crippen LogP contribution in [0.15, 0.2) is 18.2 Å². The van der Waals surface area contributed by atoms with Crippen LogP contribution in [0.4, 0.5) is 0 Å². The SMILES string of the molecule is Cc1cccc2c1CC(C)(C)CC2N. The minimum atomic E-state index is 0.230. The van der Waals surface area contributed by atoms with Gasteiger partial charge in [0.15, 0.2) is 0 Å². The highest BCUT2D eigenvalue weighted by molar-refractivity contribution is 5.39. The molecule has 0 saturated carbocycles. The molecule has 76 valence electrons. The Hall–Kier alpha value is -0.820. The van der Waals surface area contributed by atoms with Crippen LogP contribution in [-0.4, -0.2) is 0 Å². The van der Waals surface area contributed by atoms with Crippen molar-refractivity contribution < 1.29 is 0 Å². The highest BCUT2D eigenvalue weighted by atomic mass is 14.7. The largest absolute Gasteiger partial charge is 0.324 e. The highest BCUT2D eigenvalue weighted by Gasteiger charge is 2.30. The topological polar surface area (TPSA) is 26.0 Å². The monoisotopic (exact) mass is 189 g/mol. The summed E-state index contributed by atoms with van der Waals surface area (Å²) in [6, 6.07) is 6.72. The van der Waals surface area contributed by atoms with Crippen LogP contribution in [-0.2, 0) is 6.42 Å². The average Bonchev–Trinajstić information content (AvgIpc) is 2.05. The molecule has 1 heteroatoms. The maximum absolute atomic E-state index is 6.19. The zero-order valence-corrected chi connectivity index (χ0v) is 9.30. The second-order valence-corrected chi connectivity index (χ2v) is 5.29. The molecule has 0 heterocycles. The van der Waals surface area contributed by atoms with Gasteiger partial charge in [-0.2, -0.15) is 0 Å². The first-order chi connectivity index (χ1) is 6.49. The van der Waals surface area contributed by atoms with Gasteiger partial charge in [0.2, 0.25) is 0 Å². The van der Waals surface area contributed by atoms with Crippen molar-refractivity contribution in [2.24, 2.45) is 11.1 Å². The van der Waals surface area contributed by atoms with Crippen LogP contribution in [0.2, 0.25) is 0 Å². The van der Waals surface area contributed by atoms with Gasteiger partial charge in [0.05, 0.1) is 0 Å². The van der Waals surface area contributed by atoms with E-state index in [9.17, 15) is 0 Å². The molecule has 0 aromatic heterocycles. The van der Waals surface area contributed by atoms with Gasteiger partial charge in [-0.3, -0.25) is 0 Å². The Morgan fingerprint density at radius 3 is 2.79 bits per heavy atom. The van der Waals surface area contributed by atoms with Crippen molar-refractivity contribution in [3.63, 3.8) is 0 Å². The van der Waals surface area contributed by atoms with Crippen LogP contribution in [0.1, 0.15) is 43.0 Å². The summed E-state index contributed by atoms with van der Waals surface area (Å²) >= 11 is 0. The molecule has 0 aliphatic heterocycles. The van der Waals surface area contributed by atoms with Gasteiger partial charge in [-0.25, -0.2) is 0 Å². The summed E-state index contributed by atoms with van der Waals surface area (Å²) in [5.74, 6) is 0. The molecule has 2 N–H and O–H groups in total. The average molecular weight is 189 g/mol. The lowest BCUT2D eigenvalue weighted by atomic mass is 9.71. The second-order valence-electron chi connectivity index (χ2n) is 5.29. The fraction of sp³-hybridized carbons (Fsp3) is 0.538. The summed E-state index contributed by atoms with van der Waals surface area (Å²) in [5.41, 5.74) is 10.8. The number of hydrogen-bond donors (Lipinski definition) is 1. The predicted octanol–water partition coefficient (Wildman–Crippen LogP) is 2.97. The van der Waals surface area contributed by atoms with Crippen molar-refractivity contribution in [3.8, 4) is 0 Å². The number of hydrogen-bond acceptors (Lipinski definition) is 1. The van der Waals surface area contributed by atoms with Gasteiger partial charge < -0.3 is 5.73 Å². The lowest BCUT2D eigenvalue weighted by Gasteiger charge is -2.36. The number of rotatable bonds is 0. The Balaban J connectivity index is 2.51. The van der Waals surface area contributed by atoms with Gasteiger partial charge in [-0.15, -0.1) is 0 Å². The third-order valence-corrected chi connectivity index (χ3v) is 3.27. The molecule has 1 aromatic rings. The van der Waals surface area contributed by atoms with Crippen LogP contribution in [0, 0.1) is 12.3 Å². The molecular formula is C13H19N. The number of benzene rings is 1. The van der Waals surface area contributed by atoms with E-state index in [1.54, 1.807) is 0 Å². The first kappa shape index (κ1) is 9.72. The van der Waals surface area contributed by atoms with E-state index in [1.807, 2.05) is 0 Å². The molecular weight excluding hydrogens is 170 g/mol. The van der Waals surface area contributed by atoms with Gasteiger partial charge in [-0.1, -0.05) is 32.0 Å². The molecule has 1 aromatic carbocycles. The second kappa shape index (κ2) is 3.09. The van der Waals surface area contributed by atoms with Gasteiger partial charge in [0, 0.05) is 6.04 Å². The summed E-state index contributed by atoms with van der Waals surface area (Å²) < 4.78 is 0. The number of fused-ring (bicyclic) bond motifs is 1. The van der Waals surface area contributed by atoms with Gasteiger partial charge in [0.1, 0.15) is 0 Å². The summed E-state index contributed by atoms with van der Waals surface area (Å²) in [6.45, 7) is 6.80. The third kappa shape index (κ3) is 1.57. The van der Waals surface area contributed by atoms with Gasteiger partial charge in [-0.05, 0) is 41.9 Å². The van der Waals surface area contributed by atoms with E-state index in [0.29, 0.717) is 5.41 Å². The molecule has 1 aliphatic rings. The quantitative estimate of drug-likeness (QED) is 0.667. The smallest absolute Gasteiger partial charge is 0.0302 e. The van der Waals surface area contributed by atoms with Crippen LogP contribution in [0.5, 0.6) is 0 Å². The summed E-state index contributed by atoms with van der Waals surface area (Å²) in [6.07, 6.45) is 2.27. The van der Waals surface area contributed by atoms with Crippen LogP contribution in [0.3, 0.4) is 0 Å². The lowest BCUT2D eigenvalue weighted by Crippen LogP contribution is -2.30. The lowest BCUT2D eigenvalue weighted by molar-refractivity contribution is 0.282. The van der Waals surface area contributed by atoms with Crippen molar-refractivity contribution in [2.75, 3.05) is 0 Å². The van der Waals surface area contributed by atoms with Crippen molar-refractivity contribution in [1.29, 1.82) is 0 Å². The van der Waals surface area contributed by atoms with E-state index in [1.165, 1.54) is 23.1 Å². The minimum Gasteiger partial charge on any atom is -0.324 e. The first-order valence-electron chi connectivity index (χ1n) is 5.33. The molecule has 1 atom stereocenters. The fourth-order valence-electron chi connectivity index (χ4n) is 2.57. The first-order valence-corrected chi connectivity index (χ1v) is 5.33. The Labute approximate surface area is 86.3 Å². The molecule has 0 fully saturated rings. The Morgan fingerprint density at radius 2 is 2.07 bits per heavy atom. The van der Waals surface area contributed by atoms with Crippen molar-refractivity contribution in [1.82, 2.24) is 0 Å². The number of aryl methyl sites for hydroxylation is 1. The van der Waals surface area contributed by atoms with Crippen LogP contribution >= 0.6 is 0 Å². The maximum atomic E-state index is 6.19. The van der Waals surface area contributed by atoms with E-state index in [0.717, 1.165) is 6.42 Å². The summed E-state index contributed by atoms with van der Waals surface area (Å²) in [5, 5.41) is 0. The van der Waals surface area contributed by atoms with E-state index < -0.39 is 0 Å². The molecule has 0 amide bonds. The molecule has 0 saturated heterocycles. The zero-order valence-electron chi connectivity index (χ0n) is 9.30.